The van der Waals surface area contributed by atoms with Gasteiger partial charge in [-0.2, -0.15) is 0 Å². The predicted molar refractivity (Wildman–Crippen MR) is 88.3 cm³/mol. The highest BCUT2D eigenvalue weighted by Crippen LogP contribution is 2.26. The number of amides is 1. The van der Waals surface area contributed by atoms with E-state index in [9.17, 15) is 14.4 Å². The molecule has 0 spiro atoms. The van der Waals surface area contributed by atoms with Crippen LogP contribution in [0.15, 0.2) is 12.1 Å². The fourth-order valence-corrected chi connectivity index (χ4v) is 3.65. The summed E-state index contributed by atoms with van der Waals surface area (Å²) in [6, 6.07) is 3.53. The molecule has 0 aliphatic heterocycles. The van der Waals surface area contributed by atoms with Crippen LogP contribution in [0, 0.1) is 5.92 Å². The van der Waals surface area contributed by atoms with E-state index in [0.717, 1.165) is 30.6 Å². The number of nitrogens with one attached hydrogen (secondary N) is 1. The number of esters is 1. The van der Waals surface area contributed by atoms with Crippen molar-refractivity contribution in [3.05, 3.63) is 21.9 Å². The molecule has 0 aromatic carbocycles. The number of ketones is 1. The standard InChI is InChI=1S/C17H23NO4S/c1-11(22-17(21)13-6-4-3-5-7-13)16(20)15-9-8-14(23-15)10-18-12(2)19/h8-9,11,13H,3-7,10H2,1-2H3,(H,18,19). The van der Waals surface area contributed by atoms with Crippen LogP contribution in [0.1, 0.15) is 60.5 Å². The molecule has 23 heavy (non-hydrogen) atoms. The number of carbonyl (C=O) groups excluding carboxylic acids is 3. The number of carbonyl (C=O) groups is 3. The van der Waals surface area contributed by atoms with E-state index in [-0.39, 0.29) is 23.6 Å². The zero-order chi connectivity index (χ0) is 16.8. The molecule has 1 unspecified atom stereocenters. The summed E-state index contributed by atoms with van der Waals surface area (Å²) in [4.78, 5) is 36.8. The molecule has 1 fully saturated rings. The average molecular weight is 337 g/mol. The van der Waals surface area contributed by atoms with Gasteiger partial charge in [0.05, 0.1) is 17.3 Å². The molecule has 126 valence electrons. The van der Waals surface area contributed by atoms with Crippen LogP contribution in [0.2, 0.25) is 0 Å². The summed E-state index contributed by atoms with van der Waals surface area (Å²) in [5.41, 5.74) is 0. The predicted octanol–water partition coefficient (Wildman–Crippen LogP) is 3.08. The molecule has 6 heteroatoms. The van der Waals surface area contributed by atoms with Crippen molar-refractivity contribution in [1.29, 1.82) is 0 Å². The number of ether oxygens (including phenoxy) is 1. The second-order valence-corrected chi connectivity index (χ2v) is 7.12. The lowest BCUT2D eigenvalue weighted by Gasteiger charge is -2.21. The molecule has 1 atom stereocenters. The van der Waals surface area contributed by atoms with E-state index in [1.54, 1.807) is 13.0 Å². The highest BCUT2D eigenvalue weighted by Gasteiger charge is 2.27. The lowest BCUT2D eigenvalue weighted by molar-refractivity contribution is -0.152. The lowest BCUT2D eigenvalue weighted by Crippen LogP contribution is -2.28. The molecular formula is C17H23NO4S. The lowest BCUT2D eigenvalue weighted by atomic mass is 9.89. The first-order valence-corrected chi connectivity index (χ1v) is 8.87. The molecule has 1 saturated carbocycles. The van der Waals surface area contributed by atoms with E-state index >= 15 is 0 Å². The Morgan fingerprint density at radius 2 is 1.96 bits per heavy atom. The summed E-state index contributed by atoms with van der Waals surface area (Å²) in [5, 5.41) is 2.69. The van der Waals surface area contributed by atoms with E-state index in [1.807, 2.05) is 6.07 Å². The van der Waals surface area contributed by atoms with Gasteiger partial charge in [0.2, 0.25) is 11.7 Å². The molecule has 0 radical (unpaired) electrons. The van der Waals surface area contributed by atoms with Crippen molar-refractivity contribution in [3.63, 3.8) is 0 Å². The van der Waals surface area contributed by atoms with Crippen molar-refractivity contribution in [1.82, 2.24) is 5.32 Å². The fraction of sp³-hybridized carbons (Fsp3) is 0.588. The smallest absolute Gasteiger partial charge is 0.309 e. The van der Waals surface area contributed by atoms with E-state index in [2.05, 4.69) is 5.32 Å². The zero-order valence-electron chi connectivity index (χ0n) is 13.6. The van der Waals surface area contributed by atoms with Crippen LogP contribution < -0.4 is 5.32 Å². The molecule has 0 bridgehead atoms. The first-order chi connectivity index (χ1) is 11.0. The monoisotopic (exact) mass is 337 g/mol. The van der Waals surface area contributed by atoms with Crippen molar-refractivity contribution < 1.29 is 19.1 Å². The molecule has 0 saturated heterocycles. The first-order valence-electron chi connectivity index (χ1n) is 8.05. The minimum Gasteiger partial charge on any atom is -0.454 e. The van der Waals surface area contributed by atoms with Crippen molar-refractivity contribution in [2.24, 2.45) is 5.92 Å². The van der Waals surface area contributed by atoms with E-state index in [1.165, 1.54) is 24.7 Å². The minimum atomic E-state index is -0.767. The molecule has 1 heterocycles. The van der Waals surface area contributed by atoms with Crippen LogP contribution in [-0.4, -0.2) is 23.8 Å². The van der Waals surface area contributed by atoms with Gasteiger partial charge in [0.1, 0.15) is 0 Å². The Labute approximate surface area is 140 Å². The van der Waals surface area contributed by atoms with Gasteiger partial charge < -0.3 is 10.1 Å². The Kier molecular flexibility index (Phi) is 6.33. The number of Topliss-reactive ketones (excluding diaryl/α,β-unsaturated/α-hetero) is 1. The van der Waals surface area contributed by atoms with E-state index in [4.69, 9.17) is 4.74 Å². The fourth-order valence-electron chi connectivity index (χ4n) is 2.68. The van der Waals surface area contributed by atoms with Crippen LogP contribution in [-0.2, 0) is 20.9 Å². The van der Waals surface area contributed by atoms with Gasteiger partial charge in [0, 0.05) is 11.8 Å². The van der Waals surface area contributed by atoms with Crippen molar-refractivity contribution in [3.8, 4) is 0 Å². The normalized spacial score (nSPS) is 16.6. The molecular weight excluding hydrogens is 314 g/mol. The third kappa shape index (κ3) is 5.16. The van der Waals surface area contributed by atoms with Crippen LogP contribution in [0.3, 0.4) is 0 Å². The van der Waals surface area contributed by atoms with Gasteiger partial charge in [-0.15, -0.1) is 11.3 Å². The Hall–Kier alpha value is -1.69. The van der Waals surface area contributed by atoms with Crippen molar-refractivity contribution >= 4 is 29.0 Å². The quantitative estimate of drug-likeness (QED) is 0.639. The molecule has 2 rings (SSSR count). The minimum absolute atomic E-state index is 0.0577. The van der Waals surface area contributed by atoms with Crippen molar-refractivity contribution in [2.75, 3.05) is 0 Å². The second-order valence-electron chi connectivity index (χ2n) is 5.95. The SMILES string of the molecule is CC(=O)NCc1ccc(C(=O)C(C)OC(=O)C2CCCCC2)s1. The topological polar surface area (TPSA) is 72.5 Å². The largest absolute Gasteiger partial charge is 0.454 e. The number of thiophene rings is 1. The number of rotatable bonds is 6. The Bertz CT molecular complexity index is 575. The van der Waals surface area contributed by atoms with Gasteiger partial charge >= 0.3 is 5.97 Å². The van der Waals surface area contributed by atoms with Crippen LogP contribution >= 0.6 is 11.3 Å². The summed E-state index contributed by atoms with van der Waals surface area (Å²) in [6.45, 7) is 3.48. The third-order valence-corrected chi connectivity index (χ3v) is 5.12. The molecule has 1 aliphatic rings. The Morgan fingerprint density at radius 3 is 2.61 bits per heavy atom. The summed E-state index contributed by atoms with van der Waals surface area (Å²) in [7, 11) is 0. The van der Waals surface area contributed by atoms with Gasteiger partial charge in [0.25, 0.3) is 0 Å². The Morgan fingerprint density at radius 1 is 1.26 bits per heavy atom. The summed E-state index contributed by atoms with van der Waals surface area (Å²) < 4.78 is 5.36. The maximum Gasteiger partial charge on any atom is 0.309 e. The number of hydrogen-bond acceptors (Lipinski definition) is 5. The zero-order valence-corrected chi connectivity index (χ0v) is 14.4. The van der Waals surface area contributed by atoms with Crippen LogP contribution in [0.25, 0.3) is 0 Å². The highest BCUT2D eigenvalue weighted by atomic mass is 32.1. The molecule has 1 amide bonds. The Balaban J connectivity index is 1.88. The van der Waals surface area contributed by atoms with Crippen LogP contribution in [0.5, 0.6) is 0 Å². The molecule has 1 aromatic heterocycles. The summed E-state index contributed by atoms with van der Waals surface area (Å²) in [6.07, 6.45) is 4.24. The van der Waals surface area contributed by atoms with E-state index < -0.39 is 6.10 Å². The molecule has 5 nitrogen and oxygen atoms in total. The van der Waals surface area contributed by atoms with Crippen LogP contribution in [0.4, 0.5) is 0 Å². The van der Waals surface area contributed by atoms with Crippen molar-refractivity contribution in [2.45, 2.75) is 58.6 Å². The van der Waals surface area contributed by atoms with E-state index in [0.29, 0.717) is 11.4 Å². The maximum atomic E-state index is 12.4. The molecule has 1 N–H and O–H groups in total. The first kappa shape index (κ1) is 17.7. The third-order valence-electron chi connectivity index (χ3n) is 4.02. The van der Waals surface area contributed by atoms with Gasteiger partial charge in [-0.05, 0) is 31.9 Å². The summed E-state index contributed by atoms with van der Waals surface area (Å²) in [5.74, 6) is -0.604. The average Bonchev–Trinajstić information content (AvgIpc) is 3.01. The van der Waals surface area contributed by atoms with Gasteiger partial charge in [-0.1, -0.05) is 19.3 Å². The second kappa shape index (κ2) is 8.24. The number of hydrogen-bond donors (Lipinski definition) is 1. The van der Waals surface area contributed by atoms with Gasteiger partial charge in [-0.3, -0.25) is 14.4 Å². The highest BCUT2D eigenvalue weighted by molar-refractivity contribution is 7.14. The molecule has 1 aromatic rings. The van der Waals surface area contributed by atoms with Gasteiger partial charge in [0.15, 0.2) is 6.10 Å². The van der Waals surface area contributed by atoms with Gasteiger partial charge in [-0.25, -0.2) is 0 Å². The maximum absolute atomic E-state index is 12.4. The summed E-state index contributed by atoms with van der Waals surface area (Å²) >= 11 is 1.32. The molecule has 1 aliphatic carbocycles.